The molecule has 0 bridgehead atoms. The average molecular weight is 230 g/mol. The molecule has 0 unspecified atom stereocenters. The number of nitrogens with zero attached hydrogens (tertiary/aromatic N) is 3. The van der Waals surface area contributed by atoms with Crippen LogP contribution in [0.2, 0.25) is 0 Å². The number of hydrogen-bond acceptors (Lipinski definition) is 2. The summed E-state index contributed by atoms with van der Waals surface area (Å²) in [7, 11) is 0. The predicted molar refractivity (Wildman–Crippen MR) is 50.2 cm³/mol. The second kappa shape index (κ2) is 3.57. The Morgan fingerprint density at radius 3 is 3.00 bits per heavy atom. The lowest BCUT2D eigenvalue weighted by molar-refractivity contribution is 1.54. The normalized spacial score (nSPS) is 8.82. The lowest BCUT2D eigenvalue weighted by atomic mass is 10.4. The molecule has 0 saturated heterocycles. The van der Waals surface area contributed by atoms with Gasteiger partial charge in [0.25, 0.3) is 0 Å². The van der Waals surface area contributed by atoms with Crippen LogP contribution >= 0.6 is 27.3 Å². The largest absolute Gasteiger partial charge is 0.143 e. The molecule has 3 nitrogen and oxygen atoms in total. The fourth-order valence-corrected chi connectivity index (χ4v) is 1.91. The van der Waals surface area contributed by atoms with E-state index < -0.39 is 0 Å². The van der Waals surface area contributed by atoms with Crippen molar-refractivity contribution in [1.29, 1.82) is 0 Å². The molecule has 0 fully saturated rings. The molecular weight excluding hydrogens is 226 g/mol. The zero-order valence-electron chi connectivity index (χ0n) is 5.49. The summed E-state index contributed by atoms with van der Waals surface area (Å²) in [4.78, 5) is 3.52. The van der Waals surface area contributed by atoms with Crippen molar-refractivity contribution in [2.45, 2.75) is 0 Å². The summed E-state index contributed by atoms with van der Waals surface area (Å²) in [5.74, 6) is 0. The molecule has 0 saturated carbocycles. The van der Waals surface area contributed by atoms with E-state index in [1.165, 1.54) is 11.3 Å². The van der Waals surface area contributed by atoms with Gasteiger partial charge < -0.3 is 0 Å². The first kappa shape index (κ1) is 8.33. The number of rotatable bonds is 2. The van der Waals surface area contributed by atoms with Gasteiger partial charge in [-0.3, -0.25) is 0 Å². The summed E-state index contributed by atoms with van der Waals surface area (Å²) in [6.07, 6.45) is 0. The van der Waals surface area contributed by atoms with Crippen molar-refractivity contribution < 1.29 is 0 Å². The molecule has 0 aromatic carbocycles. The molecule has 0 radical (unpaired) electrons. The topological polar surface area (TPSA) is 48.8 Å². The van der Waals surface area contributed by atoms with Crippen molar-refractivity contribution in [2.24, 2.45) is 5.11 Å². The number of azide groups is 1. The molecule has 0 aliphatic carbocycles. The maximum atomic E-state index is 8.10. The quantitative estimate of drug-likeness (QED) is 0.421. The molecule has 0 aliphatic heterocycles. The van der Waals surface area contributed by atoms with E-state index in [0.717, 1.165) is 9.35 Å². The molecule has 56 valence electrons. The highest BCUT2D eigenvalue weighted by Gasteiger charge is 1.98. The first-order chi connectivity index (χ1) is 5.24. The van der Waals surface area contributed by atoms with Crippen LogP contribution in [0.3, 0.4) is 0 Å². The van der Waals surface area contributed by atoms with E-state index in [2.05, 4.69) is 32.5 Å². The minimum Gasteiger partial charge on any atom is -0.143 e. The van der Waals surface area contributed by atoms with Crippen molar-refractivity contribution in [1.82, 2.24) is 0 Å². The van der Waals surface area contributed by atoms with Crippen molar-refractivity contribution >= 4 is 33.0 Å². The van der Waals surface area contributed by atoms with Gasteiger partial charge in [-0.2, -0.15) is 0 Å². The molecule has 11 heavy (non-hydrogen) atoms. The molecule has 0 aliphatic rings. The Hall–Kier alpha value is -0.770. The molecule has 0 spiro atoms. The van der Waals surface area contributed by atoms with Gasteiger partial charge in [-0.25, -0.2) is 0 Å². The molecule has 5 heteroatoms. The van der Waals surface area contributed by atoms with Gasteiger partial charge in [0, 0.05) is 25.3 Å². The minimum absolute atomic E-state index is 0.461. The molecule has 1 aromatic rings. The van der Waals surface area contributed by atoms with E-state index in [1.54, 1.807) is 0 Å². The van der Waals surface area contributed by atoms with E-state index in [-0.39, 0.29) is 0 Å². The number of halogens is 1. The first-order valence-corrected chi connectivity index (χ1v) is 4.39. The first-order valence-electron chi connectivity index (χ1n) is 2.72. The summed E-state index contributed by atoms with van der Waals surface area (Å²) in [6.45, 7) is 3.60. The van der Waals surface area contributed by atoms with E-state index >= 15 is 0 Å². The van der Waals surface area contributed by atoms with Crippen LogP contribution < -0.4 is 0 Å². The summed E-state index contributed by atoms with van der Waals surface area (Å²) < 4.78 is 0.979. The van der Waals surface area contributed by atoms with Crippen LogP contribution in [0.15, 0.2) is 27.6 Å². The molecule has 0 atom stereocenters. The average Bonchev–Trinajstić information content (AvgIpc) is 2.36. The Morgan fingerprint density at radius 2 is 2.55 bits per heavy atom. The van der Waals surface area contributed by atoms with Crippen LogP contribution in [0.5, 0.6) is 0 Å². The van der Waals surface area contributed by atoms with Gasteiger partial charge in [0.2, 0.25) is 0 Å². The van der Waals surface area contributed by atoms with Crippen LogP contribution in [0, 0.1) is 0 Å². The third kappa shape index (κ3) is 2.08. The van der Waals surface area contributed by atoms with Crippen LogP contribution in [0.4, 0.5) is 0 Å². The maximum Gasteiger partial charge on any atom is 0.0476 e. The highest BCUT2D eigenvalue weighted by Crippen LogP contribution is 2.25. The summed E-state index contributed by atoms with van der Waals surface area (Å²) in [6, 6.07) is 1.86. The molecule has 0 N–H and O–H groups in total. The highest BCUT2D eigenvalue weighted by atomic mass is 79.9. The monoisotopic (exact) mass is 229 g/mol. The number of thiophene rings is 1. The lowest BCUT2D eigenvalue weighted by Gasteiger charge is -1.87. The minimum atomic E-state index is 0.461. The van der Waals surface area contributed by atoms with Gasteiger partial charge in [-0.05, 0) is 27.5 Å². The molecule has 1 heterocycles. The van der Waals surface area contributed by atoms with E-state index in [4.69, 9.17) is 5.53 Å². The van der Waals surface area contributed by atoms with Crippen LogP contribution in [0.25, 0.3) is 16.1 Å². The van der Waals surface area contributed by atoms with Crippen molar-refractivity contribution in [3.05, 3.63) is 37.8 Å². The van der Waals surface area contributed by atoms with E-state index in [1.807, 2.05) is 11.4 Å². The Labute approximate surface area is 76.1 Å². The van der Waals surface area contributed by atoms with Gasteiger partial charge in [-0.1, -0.05) is 11.7 Å². The van der Waals surface area contributed by atoms with Crippen LogP contribution in [0.1, 0.15) is 4.88 Å². The Kier molecular flexibility index (Phi) is 2.70. The van der Waals surface area contributed by atoms with E-state index in [0.29, 0.717) is 5.70 Å². The van der Waals surface area contributed by atoms with Crippen LogP contribution in [-0.4, -0.2) is 0 Å². The van der Waals surface area contributed by atoms with E-state index in [9.17, 15) is 0 Å². The van der Waals surface area contributed by atoms with Gasteiger partial charge >= 0.3 is 0 Å². The molecule has 1 aromatic heterocycles. The Balaban J connectivity index is 2.93. The number of hydrogen-bond donors (Lipinski definition) is 0. The van der Waals surface area contributed by atoms with Gasteiger partial charge in [0.1, 0.15) is 0 Å². The van der Waals surface area contributed by atoms with Crippen molar-refractivity contribution in [3.63, 3.8) is 0 Å². The fraction of sp³-hybridized carbons (Fsp3) is 0. The highest BCUT2D eigenvalue weighted by molar-refractivity contribution is 9.10. The third-order valence-electron chi connectivity index (χ3n) is 1.02. The standard InChI is InChI=1S/C6H4BrN3S/c1-4(9-10-8)6-2-5(7)3-11-6/h2-3H,1H2. The SMILES string of the molecule is C=C(N=[N+]=[N-])c1cc(Br)cs1. The van der Waals surface area contributed by atoms with Gasteiger partial charge in [0.05, 0.1) is 0 Å². The second-order valence-electron chi connectivity index (χ2n) is 1.77. The fourth-order valence-electron chi connectivity index (χ4n) is 0.568. The summed E-state index contributed by atoms with van der Waals surface area (Å²) >= 11 is 4.77. The second-order valence-corrected chi connectivity index (χ2v) is 3.59. The smallest absolute Gasteiger partial charge is 0.0476 e. The molecule has 0 amide bonds. The van der Waals surface area contributed by atoms with Gasteiger partial charge in [0.15, 0.2) is 0 Å². The van der Waals surface area contributed by atoms with Gasteiger partial charge in [-0.15, -0.1) is 11.3 Å². The zero-order valence-corrected chi connectivity index (χ0v) is 7.89. The summed E-state index contributed by atoms with van der Waals surface area (Å²) in [5, 5.41) is 5.29. The summed E-state index contributed by atoms with van der Waals surface area (Å²) in [5.41, 5.74) is 8.56. The molecular formula is C6H4BrN3S. The maximum absolute atomic E-state index is 8.10. The Morgan fingerprint density at radius 1 is 1.82 bits per heavy atom. The zero-order chi connectivity index (χ0) is 8.27. The predicted octanol–water partition coefficient (Wildman–Crippen LogP) is 3.79. The lowest BCUT2D eigenvalue weighted by Crippen LogP contribution is -1.65. The third-order valence-corrected chi connectivity index (χ3v) is 2.76. The Bertz CT molecular complexity index is 324. The van der Waals surface area contributed by atoms with Crippen molar-refractivity contribution in [2.75, 3.05) is 0 Å². The van der Waals surface area contributed by atoms with Crippen LogP contribution in [-0.2, 0) is 0 Å². The van der Waals surface area contributed by atoms with Crippen molar-refractivity contribution in [3.8, 4) is 0 Å². The molecule has 1 rings (SSSR count).